The van der Waals surface area contributed by atoms with Crippen LogP contribution in [-0.4, -0.2) is 15.2 Å². The molecule has 0 aliphatic heterocycles. The number of para-hydroxylation sites is 1. The number of rotatable bonds is 2. The highest BCUT2D eigenvalue weighted by atomic mass is 16.4. The van der Waals surface area contributed by atoms with Gasteiger partial charge in [0.25, 0.3) is 0 Å². The minimum absolute atomic E-state index is 0.269. The fourth-order valence-electron chi connectivity index (χ4n) is 1.80. The lowest BCUT2D eigenvalue weighted by Crippen LogP contribution is -2.04. The van der Waals surface area contributed by atoms with Crippen molar-refractivity contribution in [3.8, 4) is 11.5 Å². The summed E-state index contributed by atoms with van der Waals surface area (Å²) in [6.45, 7) is 1.80. The average molecular weight is 240 g/mol. The Morgan fingerprint density at radius 2 is 2.00 bits per heavy atom. The van der Waals surface area contributed by atoms with Crippen LogP contribution >= 0.6 is 0 Å². The lowest BCUT2D eigenvalue weighted by molar-refractivity contribution is 0.473. The molecule has 0 spiro atoms. The summed E-state index contributed by atoms with van der Waals surface area (Å²) in [6, 6.07) is 9.47. The van der Waals surface area contributed by atoms with Crippen LogP contribution in [0.1, 0.15) is 18.9 Å². The number of hydrogen-bond acceptors (Lipinski definition) is 5. The predicted molar refractivity (Wildman–Crippen MR) is 67.6 cm³/mol. The summed E-state index contributed by atoms with van der Waals surface area (Å²) in [5.74, 6) is 0.879. The van der Waals surface area contributed by atoms with Gasteiger partial charge in [-0.25, -0.2) is 0 Å². The molecule has 2 aromatic heterocycles. The molecule has 1 atom stereocenters. The molecule has 1 aromatic carbocycles. The van der Waals surface area contributed by atoms with Gasteiger partial charge in [0, 0.05) is 11.6 Å². The molecule has 2 N–H and O–H groups in total. The zero-order valence-electron chi connectivity index (χ0n) is 9.87. The molecule has 0 aliphatic carbocycles. The van der Waals surface area contributed by atoms with E-state index in [0.29, 0.717) is 11.8 Å². The van der Waals surface area contributed by atoms with Gasteiger partial charge in [0.15, 0.2) is 0 Å². The molecule has 2 heterocycles. The highest BCUT2D eigenvalue weighted by molar-refractivity contribution is 5.91. The minimum Gasteiger partial charge on any atom is -0.419 e. The fraction of sp³-hybridized carbons (Fsp3) is 0.154. The maximum atomic E-state index is 5.71. The molecule has 5 nitrogen and oxygen atoms in total. The van der Waals surface area contributed by atoms with Crippen LogP contribution in [0.3, 0.4) is 0 Å². The monoisotopic (exact) mass is 240 g/mol. The van der Waals surface area contributed by atoms with Crippen molar-refractivity contribution in [1.82, 2.24) is 15.2 Å². The second kappa shape index (κ2) is 4.19. The third kappa shape index (κ3) is 1.74. The molecule has 0 fully saturated rings. The number of hydrogen-bond donors (Lipinski definition) is 1. The lowest BCUT2D eigenvalue weighted by atomic mass is 10.1. The van der Waals surface area contributed by atoms with Gasteiger partial charge in [-0.2, -0.15) is 0 Å². The van der Waals surface area contributed by atoms with Crippen molar-refractivity contribution in [2.75, 3.05) is 0 Å². The van der Waals surface area contributed by atoms with Crippen LogP contribution in [0.15, 0.2) is 40.9 Å². The topological polar surface area (TPSA) is 77.8 Å². The van der Waals surface area contributed by atoms with E-state index in [0.717, 1.165) is 16.5 Å². The maximum absolute atomic E-state index is 5.71. The van der Waals surface area contributed by atoms with Crippen molar-refractivity contribution in [3.05, 3.63) is 42.4 Å². The van der Waals surface area contributed by atoms with Crippen LogP contribution in [0.5, 0.6) is 0 Å². The van der Waals surface area contributed by atoms with Gasteiger partial charge in [0.2, 0.25) is 11.8 Å². The molecule has 3 rings (SSSR count). The summed E-state index contributed by atoms with van der Waals surface area (Å²) >= 11 is 0. The van der Waals surface area contributed by atoms with Crippen LogP contribution in [-0.2, 0) is 0 Å². The first-order valence-electron chi connectivity index (χ1n) is 5.69. The Morgan fingerprint density at radius 3 is 2.78 bits per heavy atom. The average Bonchev–Trinajstić information content (AvgIpc) is 2.87. The largest absolute Gasteiger partial charge is 0.419 e. The molecule has 0 radical (unpaired) electrons. The van der Waals surface area contributed by atoms with Gasteiger partial charge in [0.05, 0.1) is 17.1 Å². The van der Waals surface area contributed by atoms with E-state index >= 15 is 0 Å². The summed E-state index contributed by atoms with van der Waals surface area (Å²) in [5.41, 5.74) is 7.38. The number of aromatic nitrogens is 3. The zero-order valence-corrected chi connectivity index (χ0v) is 9.87. The van der Waals surface area contributed by atoms with Gasteiger partial charge in [-0.05, 0) is 19.1 Å². The molecule has 3 aromatic rings. The van der Waals surface area contributed by atoms with Crippen LogP contribution < -0.4 is 5.73 Å². The van der Waals surface area contributed by atoms with Crippen LogP contribution in [0, 0.1) is 0 Å². The quantitative estimate of drug-likeness (QED) is 0.743. The Balaban J connectivity index is 2.18. The summed E-state index contributed by atoms with van der Waals surface area (Å²) in [7, 11) is 0. The van der Waals surface area contributed by atoms with E-state index in [4.69, 9.17) is 10.2 Å². The molecular weight excluding hydrogens is 228 g/mol. The Hall–Kier alpha value is -2.27. The summed E-state index contributed by atoms with van der Waals surface area (Å²) in [5, 5.41) is 8.99. The van der Waals surface area contributed by atoms with Crippen molar-refractivity contribution >= 4 is 10.9 Å². The van der Waals surface area contributed by atoms with Crippen molar-refractivity contribution < 1.29 is 4.42 Å². The van der Waals surface area contributed by atoms with Gasteiger partial charge < -0.3 is 10.2 Å². The van der Waals surface area contributed by atoms with Gasteiger partial charge >= 0.3 is 0 Å². The van der Waals surface area contributed by atoms with E-state index in [1.54, 1.807) is 13.1 Å². The zero-order chi connectivity index (χ0) is 12.5. The van der Waals surface area contributed by atoms with Gasteiger partial charge in [-0.3, -0.25) is 4.98 Å². The Kier molecular flexibility index (Phi) is 2.53. The van der Waals surface area contributed by atoms with Crippen LogP contribution in [0.2, 0.25) is 0 Å². The molecule has 0 bridgehead atoms. The third-order valence-electron chi connectivity index (χ3n) is 2.69. The Bertz CT molecular complexity index is 685. The maximum Gasteiger partial charge on any atom is 0.250 e. The van der Waals surface area contributed by atoms with E-state index in [2.05, 4.69) is 15.2 Å². The molecule has 0 saturated carbocycles. The second-order valence-electron chi connectivity index (χ2n) is 4.11. The summed E-state index contributed by atoms with van der Waals surface area (Å²) < 4.78 is 5.55. The summed E-state index contributed by atoms with van der Waals surface area (Å²) in [4.78, 5) is 4.35. The van der Waals surface area contributed by atoms with Gasteiger partial charge in [0.1, 0.15) is 0 Å². The van der Waals surface area contributed by atoms with Gasteiger partial charge in [-0.1, -0.05) is 18.2 Å². The Morgan fingerprint density at radius 1 is 1.17 bits per heavy atom. The molecule has 0 saturated heterocycles. The van der Waals surface area contributed by atoms with Crippen molar-refractivity contribution in [2.45, 2.75) is 13.0 Å². The lowest BCUT2D eigenvalue weighted by Gasteiger charge is -2.01. The molecule has 90 valence electrons. The standard InChI is InChI=1S/C13H12N4O/c1-8(14)12-16-17-13(18-12)10-6-2-4-9-5-3-7-15-11(9)10/h2-8H,14H2,1H3. The fourth-order valence-corrected chi connectivity index (χ4v) is 1.80. The number of nitrogens with zero attached hydrogens (tertiary/aromatic N) is 3. The first kappa shape index (κ1) is 10.9. The molecule has 18 heavy (non-hydrogen) atoms. The molecular formula is C13H12N4O. The van der Waals surface area contributed by atoms with E-state index in [1.165, 1.54) is 0 Å². The predicted octanol–water partition coefficient (Wildman–Crippen LogP) is 2.30. The van der Waals surface area contributed by atoms with Crippen LogP contribution in [0.25, 0.3) is 22.4 Å². The number of nitrogens with two attached hydrogens (primary N) is 1. The molecule has 1 unspecified atom stereocenters. The molecule has 0 aliphatic rings. The Labute approximate surface area is 104 Å². The van der Waals surface area contributed by atoms with Gasteiger partial charge in [-0.15, -0.1) is 10.2 Å². The van der Waals surface area contributed by atoms with E-state index in [-0.39, 0.29) is 6.04 Å². The smallest absolute Gasteiger partial charge is 0.250 e. The second-order valence-corrected chi connectivity index (χ2v) is 4.11. The van der Waals surface area contributed by atoms with Crippen molar-refractivity contribution in [1.29, 1.82) is 0 Å². The molecule has 0 amide bonds. The first-order valence-corrected chi connectivity index (χ1v) is 5.69. The number of benzene rings is 1. The van der Waals surface area contributed by atoms with E-state index < -0.39 is 0 Å². The van der Waals surface area contributed by atoms with Crippen molar-refractivity contribution in [3.63, 3.8) is 0 Å². The number of fused-ring (bicyclic) bond motifs is 1. The van der Waals surface area contributed by atoms with E-state index in [1.807, 2.05) is 30.3 Å². The minimum atomic E-state index is -0.269. The molecule has 5 heteroatoms. The van der Waals surface area contributed by atoms with Crippen LogP contribution in [0.4, 0.5) is 0 Å². The highest BCUT2D eigenvalue weighted by Gasteiger charge is 2.14. The van der Waals surface area contributed by atoms with Crippen molar-refractivity contribution in [2.24, 2.45) is 5.73 Å². The number of pyridine rings is 1. The highest BCUT2D eigenvalue weighted by Crippen LogP contribution is 2.26. The third-order valence-corrected chi connectivity index (χ3v) is 2.69. The normalized spacial score (nSPS) is 12.8. The SMILES string of the molecule is CC(N)c1nnc(-c2cccc3cccnc23)o1. The first-order chi connectivity index (χ1) is 8.75. The van der Waals surface area contributed by atoms with E-state index in [9.17, 15) is 0 Å². The summed E-state index contributed by atoms with van der Waals surface area (Å²) in [6.07, 6.45) is 1.74.